The molecule has 1 amide bonds. The summed E-state index contributed by atoms with van der Waals surface area (Å²) in [5, 5.41) is 11.8. The molecule has 10 heteroatoms. The van der Waals surface area contributed by atoms with Crippen LogP contribution in [0.3, 0.4) is 0 Å². The smallest absolute Gasteiger partial charge is 0.341 e. The van der Waals surface area contributed by atoms with E-state index in [4.69, 9.17) is 4.74 Å². The van der Waals surface area contributed by atoms with Crippen molar-refractivity contribution in [2.45, 2.75) is 54.1 Å². The Morgan fingerprint density at radius 1 is 1.14 bits per heavy atom. The van der Waals surface area contributed by atoms with E-state index in [2.05, 4.69) is 22.4 Å². The number of esters is 1. The average molecular weight is 458 g/mol. The number of carbonyl (C=O) groups is 2. The van der Waals surface area contributed by atoms with Crippen molar-refractivity contribution in [2.75, 3.05) is 23.9 Å². The molecule has 0 saturated heterocycles. The first-order chi connectivity index (χ1) is 13.6. The molecule has 0 saturated carbocycles. The number of methoxy groups -OCH3 is 1. The zero-order chi connectivity index (χ0) is 19.9. The predicted molar refractivity (Wildman–Crippen MR) is 117 cm³/mol. The van der Waals surface area contributed by atoms with Crippen LogP contribution >= 0.6 is 46.2 Å². The Labute approximate surface area is 181 Å². The zero-order valence-corrected chi connectivity index (χ0v) is 19.2. The van der Waals surface area contributed by atoms with Crippen molar-refractivity contribution in [3.63, 3.8) is 0 Å². The van der Waals surface area contributed by atoms with E-state index in [-0.39, 0.29) is 17.6 Å². The SMILES string of the molecule is CCCCSc1nnc(SCC(=O)Nc2sc3c(c2C(=O)OC)CCCC3)s1. The Balaban J connectivity index is 1.59. The van der Waals surface area contributed by atoms with Gasteiger partial charge in [-0.25, -0.2) is 4.79 Å². The fourth-order valence-electron chi connectivity index (χ4n) is 2.88. The lowest BCUT2D eigenvalue weighted by Gasteiger charge is -2.11. The number of unbranched alkanes of at least 4 members (excludes halogenated alkanes) is 1. The molecular formula is C18H23N3O3S4. The number of hydrogen-bond donors (Lipinski definition) is 1. The number of anilines is 1. The topological polar surface area (TPSA) is 81.2 Å². The summed E-state index contributed by atoms with van der Waals surface area (Å²) >= 11 is 6.10. The lowest BCUT2D eigenvalue weighted by molar-refractivity contribution is -0.113. The second-order valence-electron chi connectivity index (χ2n) is 6.28. The minimum absolute atomic E-state index is 0.149. The summed E-state index contributed by atoms with van der Waals surface area (Å²) in [7, 11) is 1.38. The number of nitrogens with zero attached hydrogens (tertiary/aromatic N) is 2. The van der Waals surface area contributed by atoms with E-state index in [9.17, 15) is 9.59 Å². The number of aromatic nitrogens is 2. The highest BCUT2D eigenvalue weighted by Gasteiger charge is 2.27. The van der Waals surface area contributed by atoms with Gasteiger partial charge in [-0.05, 0) is 37.7 Å². The van der Waals surface area contributed by atoms with Gasteiger partial charge < -0.3 is 10.1 Å². The number of fused-ring (bicyclic) bond motifs is 1. The highest BCUT2D eigenvalue weighted by atomic mass is 32.2. The first-order valence-corrected chi connectivity index (χ1v) is 12.8. The van der Waals surface area contributed by atoms with Crippen LogP contribution in [0, 0.1) is 0 Å². The van der Waals surface area contributed by atoms with Crippen LogP contribution in [-0.4, -0.2) is 40.7 Å². The molecule has 3 rings (SSSR count). The molecular weight excluding hydrogens is 434 g/mol. The minimum Gasteiger partial charge on any atom is -0.465 e. The van der Waals surface area contributed by atoms with Crippen molar-refractivity contribution in [2.24, 2.45) is 0 Å². The highest BCUT2D eigenvalue weighted by Crippen LogP contribution is 2.38. The Morgan fingerprint density at radius 2 is 1.89 bits per heavy atom. The summed E-state index contributed by atoms with van der Waals surface area (Å²) in [5.41, 5.74) is 1.58. The second kappa shape index (κ2) is 10.6. The molecule has 0 spiro atoms. The van der Waals surface area contributed by atoms with Crippen molar-refractivity contribution in [1.82, 2.24) is 10.2 Å². The second-order valence-corrected chi connectivity index (χ2v) is 10.9. The summed E-state index contributed by atoms with van der Waals surface area (Å²) < 4.78 is 6.67. The quantitative estimate of drug-likeness (QED) is 0.326. The minimum atomic E-state index is -0.375. The van der Waals surface area contributed by atoms with E-state index in [1.165, 1.54) is 46.4 Å². The highest BCUT2D eigenvalue weighted by molar-refractivity contribution is 8.03. The van der Waals surface area contributed by atoms with Gasteiger partial charge in [-0.15, -0.1) is 21.5 Å². The van der Waals surface area contributed by atoms with Gasteiger partial charge in [-0.2, -0.15) is 0 Å². The molecule has 152 valence electrons. The third-order valence-electron chi connectivity index (χ3n) is 4.25. The maximum Gasteiger partial charge on any atom is 0.341 e. The first kappa shape index (κ1) is 21.6. The van der Waals surface area contributed by atoms with E-state index < -0.39 is 0 Å². The van der Waals surface area contributed by atoms with Crippen LogP contribution in [-0.2, 0) is 22.4 Å². The molecule has 0 atom stereocenters. The fraction of sp³-hybridized carbons (Fsp3) is 0.556. The zero-order valence-electron chi connectivity index (χ0n) is 15.9. The number of hydrogen-bond acceptors (Lipinski definition) is 9. The summed E-state index contributed by atoms with van der Waals surface area (Å²) in [6.45, 7) is 2.16. The van der Waals surface area contributed by atoms with Gasteiger partial charge in [0.05, 0.1) is 18.4 Å². The van der Waals surface area contributed by atoms with Gasteiger partial charge in [-0.3, -0.25) is 4.79 Å². The van der Waals surface area contributed by atoms with Gasteiger partial charge in [0.25, 0.3) is 0 Å². The van der Waals surface area contributed by atoms with Gasteiger partial charge in [0.15, 0.2) is 8.68 Å². The normalized spacial score (nSPS) is 13.2. The summed E-state index contributed by atoms with van der Waals surface area (Å²) in [6, 6.07) is 0. The number of carbonyl (C=O) groups excluding carboxylic acids is 2. The Kier molecular flexibility index (Phi) is 8.19. The number of thiophene rings is 1. The molecule has 0 aliphatic heterocycles. The number of thioether (sulfide) groups is 2. The van der Waals surface area contributed by atoms with Crippen molar-refractivity contribution < 1.29 is 14.3 Å². The molecule has 2 aromatic rings. The lowest BCUT2D eigenvalue weighted by Crippen LogP contribution is -2.16. The van der Waals surface area contributed by atoms with Crippen molar-refractivity contribution in [1.29, 1.82) is 0 Å². The van der Waals surface area contributed by atoms with Gasteiger partial charge in [0.1, 0.15) is 5.00 Å². The van der Waals surface area contributed by atoms with E-state index in [1.807, 2.05) is 0 Å². The third-order valence-corrected chi connectivity index (χ3v) is 8.74. The van der Waals surface area contributed by atoms with Crippen LogP contribution in [0.5, 0.6) is 0 Å². The van der Waals surface area contributed by atoms with E-state index >= 15 is 0 Å². The molecule has 2 aromatic heterocycles. The number of nitrogens with one attached hydrogen (secondary N) is 1. The molecule has 0 unspecified atom stereocenters. The van der Waals surface area contributed by atoms with Crippen molar-refractivity contribution >= 4 is 63.1 Å². The number of amides is 1. The van der Waals surface area contributed by atoms with E-state index in [0.717, 1.165) is 58.5 Å². The molecule has 1 aliphatic rings. The first-order valence-electron chi connectivity index (χ1n) is 9.24. The molecule has 2 heterocycles. The molecule has 1 N–H and O–H groups in total. The number of rotatable bonds is 9. The third kappa shape index (κ3) is 5.49. The van der Waals surface area contributed by atoms with Gasteiger partial charge in [0.2, 0.25) is 5.91 Å². The average Bonchev–Trinajstić information content (AvgIpc) is 3.30. The standard InChI is InChI=1S/C18H23N3O3S4/c1-3-4-9-25-17-20-21-18(28-17)26-10-13(22)19-15-14(16(23)24-2)11-7-5-6-8-12(11)27-15/h3-10H2,1-2H3,(H,19,22). The predicted octanol–water partition coefficient (Wildman–Crippen LogP) is 4.89. The largest absolute Gasteiger partial charge is 0.465 e. The molecule has 0 aromatic carbocycles. The summed E-state index contributed by atoms with van der Waals surface area (Å²) in [4.78, 5) is 25.9. The molecule has 1 aliphatic carbocycles. The van der Waals surface area contributed by atoms with Crippen LogP contribution < -0.4 is 5.32 Å². The Hall–Kier alpha value is -1.10. The monoisotopic (exact) mass is 457 g/mol. The van der Waals surface area contributed by atoms with Crippen LogP contribution in [0.25, 0.3) is 0 Å². The van der Waals surface area contributed by atoms with Crippen LogP contribution in [0.15, 0.2) is 8.68 Å². The summed E-state index contributed by atoms with van der Waals surface area (Å²) in [5.74, 6) is 0.747. The summed E-state index contributed by atoms with van der Waals surface area (Å²) in [6.07, 6.45) is 6.32. The fourth-order valence-corrected chi connectivity index (χ4v) is 7.15. The lowest BCUT2D eigenvalue weighted by atomic mass is 9.95. The molecule has 0 radical (unpaired) electrons. The van der Waals surface area contributed by atoms with Crippen molar-refractivity contribution in [3.05, 3.63) is 16.0 Å². The van der Waals surface area contributed by atoms with Gasteiger partial charge in [-0.1, -0.05) is 48.2 Å². The van der Waals surface area contributed by atoms with E-state index in [1.54, 1.807) is 11.8 Å². The van der Waals surface area contributed by atoms with Crippen LogP contribution in [0.2, 0.25) is 0 Å². The molecule has 6 nitrogen and oxygen atoms in total. The molecule has 28 heavy (non-hydrogen) atoms. The van der Waals surface area contributed by atoms with Crippen molar-refractivity contribution in [3.8, 4) is 0 Å². The Bertz CT molecular complexity index is 834. The van der Waals surface area contributed by atoms with Crippen LogP contribution in [0.4, 0.5) is 5.00 Å². The maximum atomic E-state index is 12.5. The van der Waals surface area contributed by atoms with E-state index in [0.29, 0.717) is 10.6 Å². The maximum absolute atomic E-state index is 12.5. The molecule has 0 fully saturated rings. The Morgan fingerprint density at radius 3 is 2.64 bits per heavy atom. The van der Waals surface area contributed by atoms with Gasteiger partial charge >= 0.3 is 5.97 Å². The van der Waals surface area contributed by atoms with Gasteiger partial charge in [0, 0.05) is 10.6 Å². The number of aryl methyl sites for hydroxylation is 1. The number of ether oxygens (including phenoxy) is 1. The molecule has 0 bridgehead atoms. The van der Waals surface area contributed by atoms with Crippen LogP contribution in [0.1, 0.15) is 53.4 Å².